The van der Waals surface area contributed by atoms with Gasteiger partial charge in [0.05, 0.1) is 0 Å². The molecular formula is C15H25N3. The molecule has 3 heteroatoms. The van der Waals surface area contributed by atoms with Gasteiger partial charge in [0.1, 0.15) is 0 Å². The second-order valence-electron chi connectivity index (χ2n) is 5.61. The summed E-state index contributed by atoms with van der Waals surface area (Å²) in [5.41, 5.74) is 7.47. The van der Waals surface area contributed by atoms with Crippen molar-refractivity contribution in [2.75, 3.05) is 20.1 Å². The first-order chi connectivity index (χ1) is 8.65. The van der Waals surface area contributed by atoms with E-state index in [4.69, 9.17) is 5.73 Å². The van der Waals surface area contributed by atoms with Crippen LogP contribution in [0.1, 0.15) is 25.3 Å². The van der Waals surface area contributed by atoms with E-state index in [-0.39, 0.29) is 5.54 Å². The molecule has 0 amide bonds. The number of hydrogen-bond donors (Lipinski definition) is 2. The van der Waals surface area contributed by atoms with E-state index in [0.717, 1.165) is 32.5 Å². The molecular weight excluding hydrogens is 222 g/mol. The molecule has 0 bridgehead atoms. The molecule has 18 heavy (non-hydrogen) atoms. The number of piperidine rings is 1. The van der Waals surface area contributed by atoms with Gasteiger partial charge in [-0.15, -0.1) is 0 Å². The van der Waals surface area contributed by atoms with Crippen LogP contribution in [-0.4, -0.2) is 36.6 Å². The summed E-state index contributed by atoms with van der Waals surface area (Å²) in [6.07, 6.45) is 2.27. The molecule has 0 aromatic heterocycles. The molecule has 3 nitrogen and oxygen atoms in total. The van der Waals surface area contributed by atoms with Gasteiger partial charge < -0.3 is 16.0 Å². The number of nitrogens with two attached hydrogens (primary N) is 1. The van der Waals surface area contributed by atoms with Crippen LogP contribution >= 0.6 is 0 Å². The first-order valence-corrected chi connectivity index (χ1v) is 6.84. The predicted molar refractivity (Wildman–Crippen MR) is 76.4 cm³/mol. The molecule has 0 aliphatic carbocycles. The summed E-state index contributed by atoms with van der Waals surface area (Å²) in [6.45, 7) is 5.04. The molecule has 3 N–H and O–H groups in total. The lowest BCUT2D eigenvalue weighted by molar-refractivity contribution is 0.110. The van der Waals surface area contributed by atoms with Crippen LogP contribution in [-0.2, 0) is 6.54 Å². The number of hydrogen-bond acceptors (Lipinski definition) is 3. The lowest BCUT2D eigenvalue weighted by atomic mass is 9.83. The Morgan fingerprint density at radius 3 is 2.72 bits per heavy atom. The van der Waals surface area contributed by atoms with E-state index < -0.39 is 0 Å². The molecule has 1 aromatic carbocycles. The number of likely N-dealkylation sites (tertiary alicyclic amines) is 1. The molecule has 1 saturated heterocycles. The first kappa shape index (κ1) is 13.5. The van der Waals surface area contributed by atoms with Crippen molar-refractivity contribution in [1.82, 2.24) is 10.2 Å². The molecule has 1 aliphatic rings. The van der Waals surface area contributed by atoms with Crippen LogP contribution in [0, 0.1) is 0 Å². The number of nitrogens with zero attached hydrogens (tertiary/aromatic N) is 1. The Balaban J connectivity index is 1.97. The van der Waals surface area contributed by atoms with Gasteiger partial charge in [-0.2, -0.15) is 0 Å². The summed E-state index contributed by atoms with van der Waals surface area (Å²) >= 11 is 0. The third kappa shape index (κ3) is 3.10. The zero-order valence-electron chi connectivity index (χ0n) is 11.5. The normalized spacial score (nSPS) is 29.4. The third-order valence-corrected chi connectivity index (χ3v) is 4.28. The molecule has 0 radical (unpaired) electrons. The van der Waals surface area contributed by atoms with Crippen LogP contribution in [0.2, 0.25) is 0 Å². The van der Waals surface area contributed by atoms with Gasteiger partial charge in [-0.05, 0) is 38.9 Å². The van der Waals surface area contributed by atoms with Crippen LogP contribution in [0.4, 0.5) is 0 Å². The largest absolute Gasteiger partial charge is 0.329 e. The van der Waals surface area contributed by atoms with Crippen LogP contribution in [0.3, 0.4) is 0 Å². The molecule has 2 atom stereocenters. The van der Waals surface area contributed by atoms with E-state index >= 15 is 0 Å². The van der Waals surface area contributed by atoms with E-state index in [2.05, 4.69) is 54.5 Å². The Kier molecular flexibility index (Phi) is 4.38. The molecule has 1 aliphatic heterocycles. The maximum absolute atomic E-state index is 6.03. The average Bonchev–Trinajstić information content (AvgIpc) is 2.42. The molecule has 2 unspecified atom stereocenters. The highest BCUT2D eigenvalue weighted by Crippen LogP contribution is 2.25. The van der Waals surface area contributed by atoms with E-state index in [1.807, 2.05) is 0 Å². The Bertz CT molecular complexity index is 365. The summed E-state index contributed by atoms with van der Waals surface area (Å²) < 4.78 is 0. The minimum atomic E-state index is 0.113. The summed E-state index contributed by atoms with van der Waals surface area (Å²) in [5, 5.41) is 3.70. The number of nitrogens with one attached hydrogen (secondary N) is 1. The second kappa shape index (κ2) is 5.83. The molecule has 2 rings (SSSR count). The molecule has 1 aromatic rings. The Morgan fingerprint density at radius 2 is 2.11 bits per heavy atom. The van der Waals surface area contributed by atoms with E-state index in [1.165, 1.54) is 5.56 Å². The quantitative estimate of drug-likeness (QED) is 0.849. The maximum atomic E-state index is 6.03. The van der Waals surface area contributed by atoms with Crippen LogP contribution in [0.15, 0.2) is 30.3 Å². The highest BCUT2D eigenvalue weighted by atomic mass is 15.2. The Hall–Kier alpha value is -0.900. The highest BCUT2D eigenvalue weighted by molar-refractivity contribution is 5.15. The monoisotopic (exact) mass is 247 g/mol. The van der Waals surface area contributed by atoms with Gasteiger partial charge in [0.15, 0.2) is 0 Å². The van der Waals surface area contributed by atoms with Gasteiger partial charge in [-0.1, -0.05) is 30.3 Å². The topological polar surface area (TPSA) is 41.3 Å². The predicted octanol–water partition coefficient (Wildman–Crippen LogP) is 1.59. The van der Waals surface area contributed by atoms with Gasteiger partial charge in [0.25, 0.3) is 0 Å². The van der Waals surface area contributed by atoms with Crippen molar-refractivity contribution in [1.29, 1.82) is 0 Å². The van der Waals surface area contributed by atoms with Crippen LogP contribution in [0.5, 0.6) is 0 Å². The van der Waals surface area contributed by atoms with Crippen molar-refractivity contribution < 1.29 is 0 Å². The Morgan fingerprint density at radius 1 is 1.39 bits per heavy atom. The van der Waals surface area contributed by atoms with Crippen molar-refractivity contribution in [2.24, 2.45) is 5.73 Å². The van der Waals surface area contributed by atoms with Crippen molar-refractivity contribution >= 4 is 0 Å². The van der Waals surface area contributed by atoms with Crippen LogP contribution < -0.4 is 11.1 Å². The van der Waals surface area contributed by atoms with Crippen molar-refractivity contribution in [2.45, 2.75) is 37.9 Å². The van der Waals surface area contributed by atoms with Gasteiger partial charge in [0, 0.05) is 24.7 Å². The van der Waals surface area contributed by atoms with Crippen molar-refractivity contribution in [3.8, 4) is 0 Å². The number of rotatable bonds is 4. The molecule has 1 fully saturated rings. The second-order valence-corrected chi connectivity index (χ2v) is 5.61. The summed E-state index contributed by atoms with van der Waals surface area (Å²) in [5.74, 6) is 0. The minimum absolute atomic E-state index is 0.113. The lowest BCUT2D eigenvalue weighted by Gasteiger charge is -2.44. The molecule has 1 heterocycles. The zero-order valence-corrected chi connectivity index (χ0v) is 11.5. The summed E-state index contributed by atoms with van der Waals surface area (Å²) in [7, 11) is 2.20. The van der Waals surface area contributed by atoms with Crippen LogP contribution in [0.25, 0.3) is 0 Å². The fourth-order valence-electron chi connectivity index (χ4n) is 2.74. The minimum Gasteiger partial charge on any atom is -0.329 e. The highest BCUT2D eigenvalue weighted by Gasteiger charge is 2.35. The molecule has 0 saturated carbocycles. The van der Waals surface area contributed by atoms with E-state index in [9.17, 15) is 0 Å². The van der Waals surface area contributed by atoms with Gasteiger partial charge >= 0.3 is 0 Å². The smallest absolute Gasteiger partial charge is 0.0333 e. The maximum Gasteiger partial charge on any atom is 0.0333 e. The third-order valence-electron chi connectivity index (χ3n) is 4.28. The van der Waals surface area contributed by atoms with E-state index in [1.54, 1.807) is 0 Å². The lowest BCUT2D eigenvalue weighted by Crippen LogP contribution is -2.59. The van der Waals surface area contributed by atoms with E-state index in [0.29, 0.717) is 6.04 Å². The number of benzene rings is 1. The van der Waals surface area contributed by atoms with Gasteiger partial charge in [-0.3, -0.25) is 0 Å². The van der Waals surface area contributed by atoms with Gasteiger partial charge in [0.2, 0.25) is 0 Å². The fraction of sp³-hybridized carbons (Fsp3) is 0.600. The first-order valence-electron chi connectivity index (χ1n) is 6.84. The Labute approximate surface area is 110 Å². The van der Waals surface area contributed by atoms with Crippen molar-refractivity contribution in [3.05, 3.63) is 35.9 Å². The fourth-order valence-corrected chi connectivity index (χ4v) is 2.74. The average molecular weight is 247 g/mol. The zero-order chi connectivity index (χ0) is 13.0. The summed E-state index contributed by atoms with van der Waals surface area (Å²) in [4.78, 5) is 2.41. The standard InChI is InChI=1S/C15H25N3/c1-13-10-15(12-16,8-9-18(13)2)17-11-14-6-4-3-5-7-14/h3-7,13,17H,8-12,16H2,1-2H3. The van der Waals surface area contributed by atoms with Gasteiger partial charge in [-0.25, -0.2) is 0 Å². The molecule has 100 valence electrons. The molecule has 0 spiro atoms. The SMILES string of the molecule is CC1CC(CN)(NCc2ccccc2)CCN1C. The van der Waals surface area contributed by atoms with Crippen molar-refractivity contribution in [3.63, 3.8) is 0 Å². The summed E-state index contributed by atoms with van der Waals surface area (Å²) in [6, 6.07) is 11.2.